The van der Waals surface area contributed by atoms with E-state index in [2.05, 4.69) is 64.8 Å². The van der Waals surface area contributed by atoms with Crippen molar-refractivity contribution in [2.75, 3.05) is 0 Å². The number of fused-ring (bicyclic) bond motifs is 2. The third-order valence-corrected chi connectivity index (χ3v) is 5.43. The van der Waals surface area contributed by atoms with Gasteiger partial charge in [-0.25, -0.2) is 0 Å². The Kier molecular flexibility index (Phi) is 3.86. The summed E-state index contributed by atoms with van der Waals surface area (Å²) in [6.07, 6.45) is 0.760. The van der Waals surface area contributed by atoms with Crippen LogP contribution in [0.15, 0.2) is 89.1 Å². The summed E-state index contributed by atoms with van der Waals surface area (Å²) in [6.45, 7) is 0. The normalized spacial score (nSPS) is 18.7. The van der Waals surface area contributed by atoms with Crippen molar-refractivity contribution in [1.82, 2.24) is 0 Å². The zero-order valence-corrected chi connectivity index (χ0v) is 15.0. The van der Waals surface area contributed by atoms with Crippen molar-refractivity contribution in [2.24, 2.45) is 10.2 Å². The average Bonchev–Trinajstić information content (AvgIpc) is 3.21. The largest absolute Gasteiger partial charge is 0.269 e. The first kappa shape index (κ1) is 16.6. The number of nitro groups is 1. The highest BCUT2D eigenvalue weighted by Crippen LogP contribution is 2.43. The lowest BCUT2D eigenvalue weighted by Gasteiger charge is -2.15. The highest BCUT2D eigenvalue weighted by atomic mass is 16.6. The van der Waals surface area contributed by atoms with Gasteiger partial charge in [0.05, 0.1) is 17.0 Å². The van der Waals surface area contributed by atoms with Crippen molar-refractivity contribution in [3.63, 3.8) is 0 Å². The zero-order chi connectivity index (χ0) is 19.1. The molecule has 2 atom stereocenters. The van der Waals surface area contributed by atoms with Crippen LogP contribution in [0.1, 0.15) is 29.6 Å². The van der Waals surface area contributed by atoms with Crippen LogP contribution in [-0.4, -0.2) is 4.92 Å². The van der Waals surface area contributed by atoms with Crippen LogP contribution in [-0.2, 0) is 0 Å². The van der Waals surface area contributed by atoms with Crippen LogP contribution in [0.25, 0.3) is 21.5 Å². The minimum absolute atomic E-state index is 0.0313. The van der Waals surface area contributed by atoms with E-state index in [9.17, 15) is 10.1 Å². The van der Waals surface area contributed by atoms with E-state index in [1.54, 1.807) is 12.1 Å². The second-order valence-electron chi connectivity index (χ2n) is 7.08. The van der Waals surface area contributed by atoms with Gasteiger partial charge in [0, 0.05) is 18.6 Å². The van der Waals surface area contributed by atoms with Gasteiger partial charge in [-0.05, 0) is 50.9 Å². The quantitative estimate of drug-likeness (QED) is 0.234. The molecule has 5 nitrogen and oxygen atoms in total. The van der Waals surface area contributed by atoms with Crippen molar-refractivity contribution in [2.45, 2.75) is 18.5 Å². The third-order valence-electron chi connectivity index (χ3n) is 5.43. The molecule has 4 aromatic rings. The van der Waals surface area contributed by atoms with Crippen LogP contribution in [0, 0.1) is 10.1 Å². The molecule has 0 spiro atoms. The molecule has 0 saturated carbocycles. The summed E-state index contributed by atoms with van der Waals surface area (Å²) in [5.74, 6) is 0. The van der Waals surface area contributed by atoms with Gasteiger partial charge >= 0.3 is 0 Å². The molecule has 0 aromatic heterocycles. The fourth-order valence-corrected chi connectivity index (χ4v) is 4.07. The molecule has 0 radical (unpaired) electrons. The minimum atomic E-state index is -0.384. The Hall–Kier alpha value is -3.60. The van der Waals surface area contributed by atoms with Crippen LogP contribution >= 0.6 is 0 Å². The Morgan fingerprint density at radius 3 is 1.96 bits per heavy atom. The molecule has 28 heavy (non-hydrogen) atoms. The van der Waals surface area contributed by atoms with Gasteiger partial charge < -0.3 is 0 Å². The summed E-state index contributed by atoms with van der Waals surface area (Å²) in [5.41, 5.74) is 2.26. The van der Waals surface area contributed by atoms with Gasteiger partial charge in [0.25, 0.3) is 5.69 Å². The SMILES string of the molecule is O=[N+]([O-])c1ccc(C2CC(c3c4ccccc4cc4ccccc34)N=N2)cc1. The topological polar surface area (TPSA) is 67.9 Å². The Morgan fingerprint density at radius 2 is 1.36 bits per heavy atom. The number of nitrogens with zero attached hydrogens (tertiary/aromatic N) is 3. The molecular weight excluding hydrogens is 350 g/mol. The summed E-state index contributed by atoms with van der Waals surface area (Å²) in [7, 11) is 0. The molecule has 4 aromatic carbocycles. The van der Waals surface area contributed by atoms with E-state index in [4.69, 9.17) is 0 Å². The van der Waals surface area contributed by atoms with E-state index in [0.717, 1.165) is 12.0 Å². The molecule has 0 saturated heterocycles. The van der Waals surface area contributed by atoms with Gasteiger partial charge in [0.1, 0.15) is 0 Å². The van der Waals surface area contributed by atoms with E-state index >= 15 is 0 Å². The number of hydrogen-bond donors (Lipinski definition) is 0. The molecule has 0 amide bonds. The second-order valence-corrected chi connectivity index (χ2v) is 7.08. The van der Waals surface area contributed by atoms with Crippen molar-refractivity contribution in [3.05, 3.63) is 100 Å². The standard InChI is InChI=1S/C23H17N3O2/c27-26(28)18-11-9-15(10-12-18)21-14-22(25-24-21)23-19-7-3-1-5-16(19)13-17-6-2-4-8-20(17)23/h1-13,21-22H,14H2. The van der Waals surface area contributed by atoms with Crippen molar-refractivity contribution in [1.29, 1.82) is 0 Å². The second kappa shape index (κ2) is 6.53. The zero-order valence-electron chi connectivity index (χ0n) is 15.0. The third kappa shape index (κ3) is 2.72. The first-order chi connectivity index (χ1) is 13.7. The van der Waals surface area contributed by atoms with Gasteiger partial charge in [-0.3, -0.25) is 10.1 Å². The molecule has 2 unspecified atom stereocenters. The highest BCUT2D eigenvalue weighted by molar-refractivity contribution is 6.02. The number of rotatable bonds is 3. The van der Waals surface area contributed by atoms with Crippen LogP contribution in [0.4, 0.5) is 5.69 Å². The van der Waals surface area contributed by atoms with E-state index < -0.39 is 0 Å². The summed E-state index contributed by atoms with van der Waals surface area (Å²) < 4.78 is 0. The average molecular weight is 367 g/mol. The lowest BCUT2D eigenvalue weighted by Crippen LogP contribution is -1.99. The van der Waals surface area contributed by atoms with Gasteiger partial charge in [0.15, 0.2) is 0 Å². The van der Waals surface area contributed by atoms with E-state index in [1.807, 2.05) is 0 Å². The Labute approximate surface area is 161 Å². The van der Waals surface area contributed by atoms with Crippen molar-refractivity contribution < 1.29 is 4.92 Å². The predicted octanol–water partition coefficient (Wildman–Crippen LogP) is 6.54. The molecule has 1 heterocycles. The van der Waals surface area contributed by atoms with Gasteiger partial charge in [-0.15, -0.1) is 0 Å². The molecule has 5 heteroatoms. The highest BCUT2D eigenvalue weighted by Gasteiger charge is 2.28. The summed E-state index contributed by atoms with van der Waals surface area (Å²) >= 11 is 0. The Balaban J connectivity index is 1.56. The lowest BCUT2D eigenvalue weighted by molar-refractivity contribution is -0.384. The van der Waals surface area contributed by atoms with Crippen LogP contribution in [0.2, 0.25) is 0 Å². The lowest BCUT2D eigenvalue weighted by atomic mass is 9.89. The molecule has 136 valence electrons. The van der Waals surface area contributed by atoms with Crippen LogP contribution < -0.4 is 0 Å². The van der Waals surface area contributed by atoms with Crippen molar-refractivity contribution in [3.8, 4) is 0 Å². The first-order valence-corrected chi connectivity index (χ1v) is 9.25. The molecule has 0 aliphatic carbocycles. The Bertz CT molecular complexity index is 1180. The van der Waals surface area contributed by atoms with Gasteiger partial charge in [-0.1, -0.05) is 48.5 Å². The maximum Gasteiger partial charge on any atom is 0.269 e. The molecule has 0 N–H and O–H groups in total. The van der Waals surface area contributed by atoms with E-state index in [-0.39, 0.29) is 22.7 Å². The van der Waals surface area contributed by atoms with Gasteiger partial charge in [-0.2, -0.15) is 10.2 Å². The number of nitro benzene ring substituents is 1. The van der Waals surface area contributed by atoms with Crippen LogP contribution in [0.5, 0.6) is 0 Å². The first-order valence-electron chi connectivity index (χ1n) is 9.25. The Morgan fingerprint density at radius 1 is 0.786 bits per heavy atom. The van der Waals surface area contributed by atoms with E-state index in [1.165, 1.54) is 39.2 Å². The predicted molar refractivity (Wildman–Crippen MR) is 110 cm³/mol. The number of benzene rings is 4. The molecule has 1 aliphatic rings. The monoisotopic (exact) mass is 367 g/mol. The summed E-state index contributed by atoms with van der Waals surface area (Å²) in [6, 6.07) is 25.5. The molecule has 0 bridgehead atoms. The molecule has 5 rings (SSSR count). The molecule has 1 aliphatic heterocycles. The van der Waals surface area contributed by atoms with Gasteiger partial charge in [0.2, 0.25) is 0 Å². The van der Waals surface area contributed by atoms with Crippen LogP contribution in [0.3, 0.4) is 0 Å². The maximum absolute atomic E-state index is 10.9. The molecule has 0 fully saturated rings. The van der Waals surface area contributed by atoms with Crippen molar-refractivity contribution >= 4 is 27.2 Å². The number of azo groups is 1. The smallest absolute Gasteiger partial charge is 0.258 e. The summed E-state index contributed by atoms with van der Waals surface area (Å²) in [5, 5.41) is 24.8. The van der Waals surface area contributed by atoms with E-state index in [0.29, 0.717) is 0 Å². The number of hydrogen-bond acceptors (Lipinski definition) is 4. The molecular formula is C23H17N3O2. The fourth-order valence-electron chi connectivity index (χ4n) is 4.07. The maximum atomic E-state index is 10.9. The number of non-ortho nitro benzene ring substituents is 1. The summed E-state index contributed by atoms with van der Waals surface area (Å²) in [4.78, 5) is 10.5. The minimum Gasteiger partial charge on any atom is -0.258 e. The fraction of sp³-hybridized carbons (Fsp3) is 0.130.